The normalized spacial score (nSPS) is 20.7. The minimum atomic E-state index is -2.35. The second kappa shape index (κ2) is 5.49. The molecule has 1 amide bonds. The van der Waals surface area contributed by atoms with Gasteiger partial charge in [-0.05, 0) is 37.3 Å². The number of carbonyl (C=O) groups excluding carboxylic acids is 1. The molecule has 3 rings (SSSR count). The Hall–Kier alpha value is -2.70. The smallest absolute Gasteiger partial charge is 0.343 e. The maximum atomic E-state index is 14.0. The van der Waals surface area contributed by atoms with Gasteiger partial charge in [-0.25, -0.2) is 13.9 Å². The Balaban J connectivity index is 1.75. The molecule has 6 nitrogen and oxygen atoms in total. The van der Waals surface area contributed by atoms with Crippen LogP contribution in [0.25, 0.3) is 5.69 Å². The van der Waals surface area contributed by atoms with Gasteiger partial charge < -0.3 is 10.0 Å². The number of hydrogen-bond acceptors (Lipinski definition) is 3. The molecule has 0 bridgehead atoms. The Morgan fingerprint density at radius 1 is 1.26 bits per heavy atom. The number of rotatable bonds is 3. The molecule has 1 aliphatic heterocycles. The molecule has 0 saturated carbocycles. The Labute approximate surface area is 132 Å². The van der Waals surface area contributed by atoms with Crippen LogP contribution >= 0.6 is 0 Å². The van der Waals surface area contributed by atoms with Crippen LogP contribution in [0.5, 0.6) is 0 Å². The minimum Gasteiger partial charge on any atom is -0.479 e. The van der Waals surface area contributed by atoms with E-state index >= 15 is 0 Å². The Morgan fingerprint density at radius 2 is 1.96 bits per heavy atom. The van der Waals surface area contributed by atoms with Crippen LogP contribution in [0.4, 0.5) is 4.39 Å². The van der Waals surface area contributed by atoms with Crippen molar-refractivity contribution >= 4 is 11.9 Å². The van der Waals surface area contributed by atoms with Crippen molar-refractivity contribution in [3.05, 3.63) is 47.8 Å². The van der Waals surface area contributed by atoms with E-state index in [1.807, 2.05) is 19.2 Å². The van der Waals surface area contributed by atoms with Crippen LogP contribution in [0, 0.1) is 6.92 Å². The van der Waals surface area contributed by atoms with Crippen LogP contribution in [0.3, 0.4) is 0 Å². The molecule has 0 radical (unpaired) electrons. The number of carboxylic acid groups (broad SMARTS) is 1. The predicted molar refractivity (Wildman–Crippen MR) is 80.3 cm³/mol. The van der Waals surface area contributed by atoms with E-state index in [1.165, 1.54) is 4.90 Å². The average molecular weight is 317 g/mol. The van der Waals surface area contributed by atoms with Crippen molar-refractivity contribution in [2.24, 2.45) is 0 Å². The maximum Gasteiger partial charge on any atom is 0.343 e. The number of carbonyl (C=O) groups is 2. The highest BCUT2D eigenvalue weighted by molar-refractivity contribution is 5.95. The second-order valence-corrected chi connectivity index (χ2v) is 5.70. The van der Waals surface area contributed by atoms with Crippen molar-refractivity contribution in [1.29, 1.82) is 0 Å². The Morgan fingerprint density at radius 3 is 2.48 bits per heavy atom. The van der Waals surface area contributed by atoms with Crippen LogP contribution in [0.1, 0.15) is 22.5 Å². The largest absolute Gasteiger partial charge is 0.479 e. The van der Waals surface area contributed by atoms with Crippen molar-refractivity contribution < 1.29 is 19.1 Å². The summed E-state index contributed by atoms with van der Waals surface area (Å²) >= 11 is 0. The fourth-order valence-electron chi connectivity index (χ4n) is 2.62. The van der Waals surface area contributed by atoms with Crippen molar-refractivity contribution in [2.45, 2.75) is 19.0 Å². The van der Waals surface area contributed by atoms with Gasteiger partial charge in [0.25, 0.3) is 5.91 Å². The standard InChI is InChI=1S/C16H16FN3O3/c1-11-6-8-20(18-11)13-4-2-12(3-5-13)14(21)19-9-7-16(17,10-19)15(22)23/h2-6,8H,7,9-10H2,1H3,(H,22,23). The first-order valence-electron chi connectivity index (χ1n) is 7.23. The lowest BCUT2D eigenvalue weighted by Gasteiger charge is -2.18. The summed E-state index contributed by atoms with van der Waals surface area (Å²) in [5.74, 6) is -1.88. The molecule has 1 N–H and O–H groups in total. The van der Waals surface area contributed by atoms with Gasteiger partial charge >= 0.3 is 5.97 Å². The Kier molecular flexibility index (Phi) is 3.63. The zero-order chi connectivity index (χ0) is 16.6. The summed E-state index contributed by atoms with van der Waals surface area (Å²) < 4.78 is 15.7. The van der Waals surface area contributed by atoms with Gasteiger partial charge in [0.1, 0.15) is 0 Å². The van der Waals surface area contributed by atoms with Gasteiger partial charge in [-0.15, -0.1) is 0 Å². The van der Waals surface area contributed by atoms with Crippen LogP contribution in [0.2, 0.25) is 0 Å². The molecule has 0 spiro atoms. The molecule has 23 heavy (non-hydrogen) atoms. The first kappa shape index (κ1) is 15.2. The lowest BCUT2D eigenvalue weighted by atomic mass is 10.1. The summed E-state index contributed by atoms with van der Waals surface area (Å²) in [6.45, 7) is 1.57. The van der Waals surface area contributed by atoms with Gasteiger partial charge in [0.05, 0.1) is 17.9 Å². The number of carboxylic acids is 1. The van der Waals surface area contributed by atoms with Gasteiger partial charge in [0.2, 0.25) is 5.67 Å². The predicted octanol–water partition coefficient (Wildman–Crippen LogP) is 1.82. The molecule has 1 aromatic carbocycles. The highest BCUT2D eigenvalue weighted by atomic mass is 19.1. The number of halogens is 1. The molecule has 1 aromatic heterocycles. The summed E-state index contributed by atoms with van der Waals surface area (Å²) in [6, 6.07) is 8.63. The van der Waals surface area contributed by atoms with E-state index in [9.17, 15) is 14.0 Å². The third kappa shape index (κ3) is 2.81. The van der Waals surface area contributed by atoms with E-state index < -0.39 is 18.2 Å². The topological polar surface area (TPSA) is 75.4 Å². The number of alkyl halides is 1. The number of aryl methyl sites for hydroxylation is 1. The average Bonchev–Trinajstić information content (AvgIpc) is 3.14. The number of benzene rings is 1. The third-order valence-corrected chi connectivity index (χ3v) is 3.99. The molecule has 1 unspecified atom stereocenters. The number of likely N-dealkylation sites (tertiary alicyclic amines) is 1. The van der Waals surface area contributed by atoms with Gasteiger partial charge in [-0.1, -0.05) is 0 Å². The fourth-order valence-corrected chi connectivity index (χ4v) is 2.62. The second-order valence-electron chi connectivity index (χ2n) is 5.70. The third-order valence-electron chi connectivity index (χ3n) is 3.99. The van der Waals surface area contributed by atoms with E-state index in [4.69, 9.17) is 5.11 Å². The number of nitrogens with zero attached hydrogens (tertiary/aromatic N) is 3. The van der Waals surface area contributed by atoms with E-state index in [-0.39, 0.29) is 18.9 Å². The highest BCUT2D eigenvalue weighted by Gasteiger charge is 2.46. The Bertz CT molecular complexity index is 756. The molecule has 2 heterocycles. The van der Waals surface area contributed by atoms with Gasteiger partial charge in [-0.2, -0.15) is 5.10 Å². The molecule has 1 atom stereocenters. The van der Waals surface area contributed by atoms with Crippen molar-refractivity contribution in [3.63, 3.8) is 0 Å². The molecule has 120 valence electrons. The van der Waals surface area contributed by atoms with Crippen molar-refractivity contribution in [2.75, 3.05) is 13.1 Å². The molecule has 1 fully saturated rings. The summed E-state index contributed by atoms with van der Waals surface area (Å²) in [5.41, 5.74) is -0.258. The van der Waals surface area contributed by atoms with Crippen LogP contribution < -0.4 is 0 Å². The summed E-state index contributed by atoms with van der Waals surface area (Å²) in [7, 11) is 0. The van der Waals surface area contributed by atoms with E-state index in [0.29, 0.717) is 5.56 Å². The lowest BCUT2D eigenvalue weighted by Crippen LogP contribution is -2.38. The zero-order valence-corrected chi connectivity index (χ0v) is 12.6. The van der Waals surface area contributed by atoms with Gasteiger partial charge in [0, 0.05) is 24.7 Å². The first-order chi connectivity index (χ1) is 10.9. The van der Waals surface area contributed by atoms with Crippen LogP contribution in [0.15, 0.2) is 36.5 Å². The molecule has 2 aromatic rings. The molecular weight excluding hydrogens is 301 g/mol. The molecular formula is C16H16FN3O3. The summed E-state index contributed by atoms with van der Waals surface area (Å²) in [4.78, 5) is 24.5. The van der Waals surface area contributed by atoms with E-state index in [2.05, 4.69) is 5.10 Å². The van der Waals surface area contributed by atoms with Gasteiger partial charge in [0.15, 0.2) is 0 Å². The molecule has 1 aliphatic rings. The number of amides is 1. The van der Waals surface area contributed by atoms with E-state index in [1.54, 1.807) is 28.9 Å². The zero-order valence-electron chi connectivity index (χ0n) is 12.6. The summed E-state index contributed by atoms with van der Waals surface area (Å²) in [6.07, 6.45) is 1.63. The quantitative estimate of drug-likeness (QED) is 0.937. The summed E-state index contributed by atoms with van der Waals surface area (Å²) in [5, 5.41) is 13.2. The monoisotopic (exact) mass is 317 g/mol. The van der Waals surface area contributed by atoms with Gasteiger partial charge in [-0.3, -0.25) is 4.79 Å². The molecule has 7 heteroatoms. The first-order valence-corrected chi connectivity index (χ1v) is 7.23. The van der Waals surface area contributed by atoms with Crippen LogP contribution in [-0.4, -0.2) is 50.4 Å². The number of aromatic nitrogens is 2. The molecule has 0 aliphatic carbocycles. The SMILES string of the molecule is Cc1ccn(-c2ccc(C(=O)N3CCC(F)(C(=O)O)C3)cc2)n1. The minimum absolute atomic E-state index is 0.0989. The number of aliphatic carboxylic acids is 1. The van der Waals surface area contributed by atoms with Crippen molar-refractivity contribution in [1.82, 2.24) is 14.7 Å². The highest BCUT2D eigenvalue weighted by Crippen LogP contribution is 2.27. The fraction of sp³-hybridized carbons (Fsp3) is 0.312. The molecule has 1 saturated heterocycles. The van der Waals surface area contributed by atoms with Crippen molar-refractivity contribution in [3.8, 4) is 5.69 Å². The van der Waals surface area contributed by atoms with Crippen LogP contribution in [-0.2, 0) is 4.79 Å². The lowest BCUT2D eigenvalue weighted by molar-refractivity contribution is -0.149. The number of hydrogen-bond donors (Lipinski definition) is 1. The van der Waals surface area contributed by atoms with E-state index in [0.717, 1.165) is 11.4 Å². The maximum absolute atomic E-state index is 14.0.